The maximum absolute atomic E-state index is 12.2. The highest BCUT2D eigenvalue weighted by molar-refractivity contribution is 7.94. The first kappa shape index (κ1) is 15.6. The summed E-state index contributed by atoms with van der Waals surface area (Å²) in [6.45, 7) is 5.83. The van der Waals surface area contributed by atoms with E-state index in [4.69, 9.17) is 0 Å². The van der Waals surface area contributed by atoms with Gasteiger partial charge in [0.2, 0.25) is 0 Å². The highest BCUT2D eigenvalue weighted by Crippen LogP contribution is 2.39. The van der Waals surface area contributed by atoms with Crippen LogP contribution >= 0.6 is 11.3 Å². The number of hydrogen-bond donors (Lipinski definition) is 1. The fraction of sp³-hybridized carbons (Fsp3) is 0.500. The van der Waals surface area contributed by atoms with Crippen molar-refractivity contribution in [3.8, 4) is 0 Å². The number of nitrogens with zero attached hydrogens (tertiary/aromatic N) is 2. The molecular formula is C10H15N3O4S3. The first-order chi connectivity index (χ1) is 9.24. The Bertz CT molecular complexity index is 736. The third kappa shape index (κ3) is 2.42. The van der Waals surface area contributed by atoms with Crippen molar-refractivity contribution in [3.63, 3.8) is 0 Å². The molecule has 0 radical (unpaired) electrons. The molecule has 0 saturated carbocycles. The molecule has 1 atom stereocenters. The number of nitrogens with one attached hydrogen (secondary N) is 1. The van der Waals surface area contributed by atoms with E-state index in [-0.39, 0.29) is 21.0 Å². The van der Waals surface area contributed by atoms with Gasteiger partial charge in [-0.3, -0.25) is 0 Å². The van der Waals surface area contributed by atoms with Crippen molar-refractivity contribution in [3.05, 3.63) is 11.6 Å². The van der Waals surface area contributed by atoms with E-state index in [1.165, 1.54) is 17.4 Å². The fourth-order valence-corrected chi connectivity index (χ4v) is 6.29. The van der Waals surface area contributed by atoms with Crippen LogP contribution < -0.4 is 5.32 Å². The maximum Gasteiger partial charge on any atom is 0.291 e. The number of thiophene rings is 1. The lowest BCUT2D eigenvalue weighted by atomic mass is 10.1. The van der Waals surface area contributed by atoms with Crippen molar-refractivity contribution in [2.45, 2.75) is 21.4 Å². The van der Waals surface area contributed by atoms with Crippen molar-refractivity contribution in [2.75, 3.05) is 20.1 Å². The molecule has 0 bridgehead atoms. The van der Waals surface area contributed by atoms with Gasteiger partial charge >= 0.3 is 0 Å². The van der Waals surface area contributed by atoms with E-state index in [2.05, 4.69) is 16.4 Å². The molecule has 1 aromatic heterocycles. The Morgan fingerprint density at radius 1 is 1.60 bits per heavy atom. The van der Waals surface area contributed by atoms with Crippen LogP contribution in [-0.4, -0.2) is 48.0 Å². The molecule has 0 fully saturated rings. The van der Waals surface area contributed by atoms with E-state index in [9.17, 15) is 16.8 Å². The van der Waals surface area contributed by atoms with Gasteiger partial charge in [0.25, 0.3) is 20.0 Å². The zero-order chi connectivity index (χ0) is 15.1. The van der Waals surface area contributed by atoms with Crippen LogP contribution in [0.4, 0.5) is 0 Å². The molecule has 0 aromatic carbocycles. The van der Waals surface area contributed by atoms with Gasteiger partial charge in [-0.1, -0.05) is 6.92 Å². The van der Waals surface area contributed by atoms with Crippen LogP contribution in [-0.2, 0) is 20.0 Å². The molecule has 0 saturated heterocycles. The van der Waals surface area contributed by atoms with Crippen LogP contribution in [0.5, 0.6) is 0 Å². The second-order valence-electron chi connectivity index (χ2n) is 4.31. The van der Waals surface area contributed by atoms with Crippen molar-refractivity contribution in [1.29, 1.82) is 0 Å². The average Bonchev–Trinajstić information content (AvgIpc) is 2.83. The van der Waals surface area contributed by atoms with Gasteiger partial charge in [-0.15, -0.1) is 11.3 Å². The average molecular weight is 337 g/mol. The molecule has 20 heavy (non-hydrogen) atoms. The van der Waals surface area contributed by atoms with E-state index in [0.29, 0.717) is 23.4 Å². The van der Waals surface area contributed by atoms with E-state index < -0.39 is 20.0 Å². The van der Waals surface area contributed by atoms with Crippen LogP contribution in [0.25, 0.3) is 0 Å². The van der Waals surface area contributed by atoms with E-state index >= 15 is 0 Å². The molecule has 0 aliphatic carbocycles. The second-order valence-corrected chi connectivity index (χ2v) is 9.51. The highest BCUT2D eigenvalue weighted by atomic mass is 32.3. The minimum atomic E-state index is -3.88. The molecule has 2 heterocycles. The van der Waals surface area contributed by atoms with Gasteiger partial charge in [-0.2, -0.15) is 17.1 Å². The number of rotatable bonds is 4. The first-order valence-electron chi connectivity index (χ1n) is 5.80. The molecule has 2 rings (SSSR count). The van der Waals surface area contributed by atoms with Crippen LogP contribution in [0, 0.1) is 0 Å². The summed E-state index contributed by atoms with van der Waals surface area (Å²) in [4.78, 5) is 0. The molecule has 1 aliphatic rings. The third-order valence-corrected chi connectivity index (χ3v) is 8.18. The Balaban J connectivity index is 2.66. The Hall–Kier alpha value is -0.810. The van der Waals surface area contributed by atoms with Crippen LogP contribution in [0.15, 0.2) is 18.9 Å². The van der Waals surface area contributed by atoms with Gasteiger partial charge in [0.1, 0.15) is 8.42 Å². The summed E-state index contributed by atoms with van der Waals surface area (Å²) >= 11 is 0.716. The Morgan fingerprint density at radius 3 is 2.80 bits per heavy atom. The van der Waals surface area contributed by atoms with E-state index in [1.54, 1.807) is 0 Å². The Kier molecular flexibility index (Phi) is 4.04. The summed E-state index contributed by atoms with van der Waals surface area (Å²) in [5, 5.41) is 3.15. The molecule has 1 aromatic rings. The largest absolute Gasteiger partial charge is 0.309 e. The van der Waals surface area contributed by atoms with Crippen molar-refractivity contribution < 1.29 is 16.8 Å². The van der Waals surface area contributed by atoms with Gasteiger partial charge in [0, 0.05) is 31.9 Å². The van der Waals surface area contributed by atoms with Crippen molar-refractivity contribution >= 4 is 38.1 Å². The fourth-order valence-electron chi connectivity index (χ4n) is 2.02. The van der Waals surface area contributed by atoms with Crippen LogP contribution in [0.3, 0.4) is 0 Å². The summed E-state index contributed by atoms with van der Waals surface area (Å²) in [6, 6.07) is 1.15. The summed E-state index contributed by atoms with van der Waals surface area (Å²) in [7, 11) is -6.04. The quantitative estimate of drug-likeness (QED) is 0.804. The molecule has 7 nitrogen and oxygen atoms in total. The summed E-state index contributed by atoms with van der Waals surface area (Å²) in [5.74, 6) is 0. The maximum atomic E-state index is 12.2. The zero-order valence-electron chi connectivity index (χ0n) is 11.0. The Labute approximate surface area is 122 Å². The van der Waals surface area contributed by atoms with Gasteiger partial charge < -0.3 is 5.32 Å². The molecule has 112 valence electrons. The molecule has 0 unspecified atom stereocenters. The summed E-state index contributed by atoms with van der Waals surface area (Å²) in [6.07, 6.45) is 0. The molecule has 0 spiro atoms. The number of fused-ring (bicyclic) bond motifs is 1. The lowest BCUT2D eigenvalue weighted by Gasteiger charge is -2.29. The molecule has 1 aliphatic heterocycles. The van der Waals surface area contributed by atoms with Gasteiger partial charge in [0.05, 0.1) is 0 Å². The molecule has 0 amide bonds. The number of sulfonamides is 2. The molecule has 1 N–H and O–H groups in total. The van der Waals surface area contributed by atoms with Crippen molar-refractivity contribution in [1.82, 2.24) is 9.62 Å². The SMILES string of the molecule is C=NS(=O)(=O)c1cc2c(s1)S(=O)(=O)N(C)C[C@@H]2NCC. The highest BCUT2D eigenvalue weighted by Gasteiger charge is 2.38. The minimum absolute atomic E-state index is 0.0550. The standard InChI is InChI=1S/C10H15N3O4S3/c1-4-12-8-6-13(3)20(16,17)10-7(8)5-9(18-10)19(14,15)11-2/h5,8,12H,2,4,6H2,1,3H3/t8-/m0/s1. The minimum Gasteiger partial charge on any atom is -0.309 e. The summed E-state index contributed by atoms with van der Waals surface area (Å²) in [5.41, 5.74) is 0.483. The number of hydrogen-bond acceptors (Lipinski definition) is 6. The van der Waals surface area contributed by atoms with E-state index in [0.717, 1.165) is 0 Å². The van der Waals surface area contributed by atoms with Crippen LogP contribution in [0.2, 0.25) is 0 Å². The molecule has 10 heteroatoms. The smallest absolute Gasteiger partial charge is 0.291 e. The lowest BCUT2D eigenvalue weighted by Crippen LogP contribution is -2.40. The number of likely N-dealkylation sites (N-methyl/N-ethyl adjacent to an activating group) is 2. The third-order valence-electron chi connectivity index (χ3n) is 3.04. The first-order valence-corrected chi connectivity index (χ1v) is 9.50. The Morgan fingerprint density at radius 2 is 2.25 bits per heavy atom. The zero-order valence-corrected chi connectivity index (χ0v) is 13.5. The normalized spacial score (nSPS) is 22.4. The second kappa shape index (κ2) is 5.19. The summed E-state index contributed by atoms with van der Waals surface area (Å²) < 4.78 is 52.2. The van der Waals surface area contributed by atoms with Gasteiger partial charge in [-0.05, 0) is 12.6 Å². The van der Waals surface area contributed by atoms with Crippen LogP contribution in [0.1, 0.15) is 18.5 Å². The van der Waals surface area contributed by atoms with Gasteiger partial charge in [-0.25, -0.2) is 8.42 Å². The predicted octanol–water partition coefficient (Wildman–Crippen LogP) is 0.422. The van der Waals surface area contributed by atoms with Crippen molar-refractivity contribution in [2.24, 2.45) is 4.40 Å². The van der Waals surface area contributed by atoms with Gasteiger partial charge in [0.15, 0.2) is 0 Å². The lowest BCUT2D eigenvalue weighted by molar-refractivity contribution is 0.385. The monoisotopic (exact) mass is 337 g/mol. The molecular weight excluding hydrogens is 322 g/mol. The predicted molar refractivity (Wildman–Crippen MR) is 77.3 cm³/mol. The van der Waals surface area contributed by atoms with E-state index in [1.807, 2.05) is 6.92 Å². The topological polar surface area (TPSA) is 95.9 Å².